The van der Waals surface area contributed by atoms with Crippen molar-refractivity contribution in [2.75, 3.05) is 0 Å². The Morgan fingerprint density at radius 3 is 2.61 bits per heavy atom. The van der Waals surface area contributed by atoms with E-state index in [0.29, 0.717) is 41.0 Å². The number of aromatic nitrogens is 2. The van der Waals surface area contributed by atoms with Crippen LogP contribution in [-0.4, -0.2) is 58.0 Å². The molecule has 9 nitrogen and oxygen atoms in total. The molecule has 0 radical (unpaired) electrons. The molecular weight excluding hydrogens is 507 g/mol. The number of halogens is 4. The molecule has 1 saturated carbocycles. The molecule has 0 unspecified atom stereocenters. The molecule has 2 bridgehead atoms. The van der Waals surface area contributed by atoms with E-state index in [9.17, 15) is 23.1 Å². The Morgan fingerprint density at radius 2 is 1.89 bits per heavy atom. The summed E-state index contributed by atoms with van der Waals surface area (Å²) in [4.78, 5) is 12.9. The Labute approximate surface area is 208 Å². The summed E-state index contributed by atoms with van der Waals surface area (Å²) in [6.45, 7) is 0. The zero-order valence-corrected chi connectivity index (χ0v) is 19.5. The number of hydrogen-bond donors (Lipinski definition) is 2. The maximum atomic E-state index is 12.9. The number of benzene rings is 1. The minimum atomic E-state index is -4.65. The summed E-state index contributed by atoms with van der Waals surface area (Å²) < 4.78 is 58.6. The highest BCUT2D eigenvalue weighted by Crippen LogP contribution is 2.46. The Hall–Kier alpha value is -2.41. The molecule has 36 heavy (non-hydrogen) atoms. The van der Waals surface area contributed by atoms with Gasteiger partial charge in [-0.3, -0.25) is 9.53 Å². The Balaban J connectivity index is 1.02. The first-order chi connectivity index (χ1) is 17.1. The van der Waals surface area contributed by atoms with Crippen LogP contribution in [0.5, 0.6) is 5.75 Å². The summed E-state index contributed by atoms with van der Waals surface area (Å²) in [6, 6.07) is 4.68. The molecule has 3 aliphatic heterocycles. The van der Waals surface area contributed by atoms with Gasteiger partial charge in [0.25, 0.3) is 5.91 Å². The second kappa shape index (κ2) is 8.86. The van der Waals surface area contributed by atoms with Crippen LogP contribution < -0.4 is 10.1 Å². The summed E-state index contributed by atoms with van der Waals surface area (Å²) in [7, 11) is 0. The average Bonchev–Trinajstić information content (AvgIpc) is 3.51. The monoisotopic (exact) mass is 529 g/mol. The smallest absolute Gasteiger partial charge is 0.480 e. The van der Waals surface area contributed by atoms with Crippen LogP contribution in [0.2, 0.25) is 5.02 Å². The molecule has 1 aliphatic carbocycles. The fourth-order valence-electron chi connectivity index (χ4n) is 5.54. The number of hydrogen-bond acceptors (Lipinski definition) is 8. The standard InChI is InChI=1S/C23H23ClF3N3O6/c24-10-1-2-16-12(5-10)15(31)8-19(33-16)20(32)28-14-7-17-13(6-18(14)34-17)22-30-29-21(35-22)9-3-11(4-9)36-23(25,26)27/h1-2,5,9,11,13-15,17-19,31H,3-4,6-8H2,(H,28,32)/t9?,11?,13-,14-,15+,17+,18-,19-/m0/s1. The van der Waals surface area contributed by atoms with E-state index in [1.54, 1.807) is 18.2 Å². The predicted octanol–water partition coefficient (Wildman–Crippen LogP) is 3.52. The normalized spacial score (nSPS) is 35.1. The summed E-state index contributed by atoms with van der Waals surface area (Å²) in [5, 5.41) is 22.0. The van der Waals surface area contributed by atoms with E-state index in [1.807, 2.05) is 0 Å². The summed E-state index contributed by atoms with van der Waals surface area (Å²) in [5.74, 6) is 0.421. The largest absolute Gasteiger partial charge is 0.522 e. The number of amides is 1. The lowest BCUT2D eigenvalue weighted by molar-refractivity contribution is -0.352. The van der Waals surface area contributed by atoms with E-state index in [-0.39, 0.29) is 55.3 Å². The predicted molar refractivity (Wildman–Crippen MR) is 115 cm³/mol. The minimum Gasteiger partial charge on any atom is -0.480 e. The molecule has 6 atom stereocenters. The Morgan fingerprint density at radius 1 is 1.11 bits per heavy atom. The van der Waals surface area contributed by atoms with Gasteiger partial charge in [-0.1, -0.05) is 11.6 Å². The van der Waals surface area contributed by atoms with E-state index in [1.165, 1.54) is 0 Å². The summed E-state index contributed by atoms with van der Waals surface area (Å²) in [5.41, 5.74) is 0.557. The van der Waals surface area contributed by atoms with Gasteiger partial charge in [-0.2, -0.15) is 0 Å². The number of aliphatic hydroxyl groups is 1. The van der Waals surface area contributed by atoms with Crippen LogP contribution in [0.25, 0.3) is 0 Å². The molecule has 2 N–H and O–H groups in total. The molecule has 3 fully saturated rings. The minimum absolute atomic E-state index is 0.115. The van der Waals surface area contributed by atoms with E-state index in [4.69, 9.17) is 25.5 Å². The maximum absolute atomic E-state index is 12.9. The van der Waals surface area contributed by atoms with Crippen molar-refractivity contribution in [3.63, 3.8) is 0 Å². The molecule has 1 amide bonds. The second-order valence-corrected chi connectivity index (χ2v) is 10.2. The number of alkyl halides is 3. The number of nitrogens with one attached hydrogen (secondary N) is 1. The molecule has 2 saturated heterocycles. The van der Waals surface area contributed by atoms with Gasteiger partial charge in [0.15, 0.2) is 6.10 Å². The SMILES string of the molecule is O=C(N[C@H]1C[C@H]2O[C@H]1C[C@@H]2c1nnc(C2CC(OC(F)(F)F)C2)o1)[C@@H]1C[C@@H](O)c2cc(Cl)ccc2O1. The van der Waals surface area contributed by atoms with E-state index in [2.05, 4.69) is 20.3 Å². The average molecular weight is 530 g/mol. The van der Waals surface area contributed by atoms with Gasteiger partial charge in [0.2, 0.25) is 11.8 Å². The quantitative estimate of drug-likeness (QED) is 0.604. The lowest BCUT2D eigenvalue weighted by Crippen LogP contribution is -2.49. The zero-order valence-electron chi connectivity index (χ0n) is 18.8. The molecule has 13 heteroatoms. The highest BCUT2D eigenvalue weighted by Gasteiger charge is 2.51. The molecule has 6 rings (SSSR count). The molecule has 0 spiro atoms. The lowest BCUT2D eigenvalue weighted by Gasteiger charge is -2.32. The molecule has 4 aliphatic rings. The van der Waals surface area contributed by atoms with Crippen molar-refractivity contribution in [2.24, 2.45) is 0 Å². The fraction of sp³-hybridized carbons (Fsp3) is 0.609. The first kappa shape index (κ1) is 24.0. The summed E-state index contributed by atoms with van der Waals surface area (Å²) in [6.07, 6.45) is -6.12. The number of carbonyl (C=O) groups excluding carboxylic acids is 1. The molecule has 1 aromatic carbocycles. The van der Waals surface area contributed by atoms with Crippen LogP contribution in [0.1, 0.15) is 67.4 Å². The maximum Gasteiger partial charge on any atom is 0.522 e. The zero-order chi connectivity index (χ0) is 25.2. The second-order valence-electron chi connectivity index (χ2n) is 9.78. The van der Waals surface area contributed by atoms with Crippen molar-refractivity contribution in [1.82, 2.24) is 15.5 Å². The van der Waals surface area contributed by atoms with E-state index in [0.717, 1.165) is 0 Å². The molecule has 194 valence electrons. The van der Waals surface area contributed by atoms with Gasteiger partial charge in [-0.05, 0) is 43.9 Å². The van der Waals surface area contributed by atoms with Gasteiger partial charge in [0.05, 0.1) is 36.4 Å². The van der Waals surface area contributed by atoms with Crippen molar-refractivity contribution in [2.45, 2.75) is 86.9 Å². The van der Waals surface area contributed by atoms with Gasteiger partial charge in [-0.15, -0.1) is 23.4 Å². The fourth-order valence-corrected chi connectivity index (χ4v) is 5.72. The Bertz CT molecular complexity index is 1160. The first-order valence-electron chi connectivity index (χ1n) is 11.8. The lowest BCUT2D eigenvalue weighted by atomic mass is 9.82. The molecule has 1 aromatic heterocycles. The van der Waals surface area contributed by atoms with E-state index < -0.39 is 24.7 Å². The number of fused-ring (bicyclic) bond motifs is 3. The first-order valence-corrected chi connectivity index (χ1v) is 12.2. The highest BCUT2D eigenvalue weighted by molar-refractivity contribution is 6.30. The number of carbonyl (C=O) groups is 1. The molecule has 4 heterocycles. The van der Waals surface area contributed by atoms with Crippen LogP contribution >= 0.6 is 11.6 Å². The number of nitrogens with zero attached hydrogens (tertiary/aromatic N) is 2. The topological polar surface area (TPSA) is 116 Å². The third kappa shape index (κ3) is 4.55. The van der Waals surface area contributed by atoms with Gasteiger partial charge in [-0.25, -0.2) is 0 Å². The molecular formula is C23H23ClF3N3O6. The van der Waals surface area contributed by atoms with Gasteiger partial charge >= 0.3 is 6.36 Å². The van der Waals surface area contributed by atoms with Crippen molar-refractivity contribution in [3.05, 3.63) is 40.6 Å². The van der Waals surface area contributed by atoms with Crippen molar-refractivity contribution >= 4 is 17.5 Å². The highest BCUT2D eigenvalue weighted by atomic mass is 35.5. The van der Waals surface area contributed by atoms with Crippen LogP contribution in [0.3, 0.4) is 0 Å². The number of aliphatic hydroxyl groups excluding tert-OH is 1. The number of rotatable bonds is 5. The third-order valence-corrected chi connectivity index (χ3v) is 7.63. The van der Waals surface area contributed by atoms with Crippen molar-refractivity contribution in [1.29, 1.82) is 0 Å². The number of ether oxygens (including phenoxy) is 3. The van der Waals surface area contributed by atoms with Gasteiger partial charge in [0, 0.05) is 22.9 Å². The van der Waals surface area contributed by atoms with E-state index >= 15 is 0 Å². The molecule has 2 aromatic rings. The van der Waals surface area contributed by atoms with Crippen molar-refractivity contribution in [3.8, 4) is 5.75 Å². The summed E-state index contributed by atoms with van der Waals surface area (Å²) >= 11 is 5.98. The van der Waals surface area contributed by atoms with Crippen molar-refractivity contribution < 1.29 is 41.7 Å². The van der Waals surface area contributed by atoms with Crippen LogP contribution in [-0.2, 0) is 14.3 Å². The van der Waals surface area contributed by atoms with Crippen LogP contribution in [0.4, 0.5) is 13.2 Å². The van der Waals surface area contributed by atoms with Crippen LogP contribution in [0, 0.1) is 0 Å². The van der Waals surface area contributed by atoms with Gasteiger partial charge < -0.3 is 24.3 Å². The third-order valence-electron chi connectivity index (χ3n) is 7.39. The van der Waals surface area contributed by atoms with Gasteiger partial charge in [0.1, 0.15) is 5.75 Å². The Kier molecular flexibility index (Phi) is 5.90. The van der Waals surface area contributed by atoms with Crippen LogP contribution in [0.15, 0.2) is 22.6 Å².